The molecular weight excluding hydrogens is 308 g/mol. The average Bonchev–Trinajstić information content (AvgIpc) is 2.82. The van der Waals surface area contributed by atoms with Gasteiger partial charge in [0, 0.05) is 0 Å². The van der Waals surface area contributed by atoms with Crippen LogP contribution in [0.25, 0.3) is 0 Å². The molecule has 2 aliphatic rings. The van der Waals surface area contributed by atoms with Gasteiger partial charge in [0.1, 0.15) is 0 Å². The Labute approximate surface area is 146 Å². The summed E-state index contributed by atoms with van der Waals surface area (Å²) in [6.45, 7) is 9.20. The third-order valence-electron chi connectivity index (χ3n) is 5.23. The van der Waals surface area contributed by atoms with Gasteiger partial charge >= 0.3 is 0 Å². The van der Waals surface area contributed by atoms with E-state index in [2.05, 4.69) is 32.9 Å². The Balaban J connectivity index is 2.20. The molecule has 2 rings (SSSR count). The highest BCUT2D eigenvalue weighted by molar-refractivity contribution is 6.24. The lowest BCUT2D eigenvalue weighted by Crippen LogP contribution is -2.33. The standard InChI is InChI=1S/C20H31ClO2/c1-14-6-5-11-20(4,21)19(22)10-8-15(2)12-18-17(9-7-14)16(3)13-23-18/h6,12,18-19,22H,5,7-11,13H2,1-4H3/b14-6+,15-12+/t18-,19-,20+/m0/s1. The summed E-state index contributed by atoms with van der Waals surface area (Å²) < 4.78 is 5.94. The van der Waals surface area contributed by atoms with Crippen LogP contribution in [0, 0.1) is 0 Å². The molecule has 0 saturated carbocycles. The van der Waals surface area contributed by atoms with Gasteiger partial charge in [0.15, 0.2) is 0 Å². The van der Waals surface area contributed by atoms with Gasteiger partial charge in [0.05, 0.1) is 23.7 Å². The molecule has 130 valence electrons. The van der Waals surface area contributed by atoms with E-state index in [1.165, 1.54) is 22.3 Å². The first-order valence-electron chi connectivity index (χ1n) is 8.79. The Morgan fingerprint density at radius 3 is 2.65 bits per heavy atom. The van der Waals surface area contributed by atoms with E-state index in [4.69, 9.17) is 16.3 Å². The van der Waals surface area contributed by atoms with Gasteiger partial charge in [-0.25, -0.2) is 0 Å². The summed E-state index contributed by atoms with van der Waals surface area (Å²) in [5.74, 6) is 0. The molecule has 0 saturated heterocycles. The van der Waals surface area contributed by atoms with Gasteiger partial charge in [-0.2, -0.15) is 0 Å². The SMILES string of the molecule is CC1=C2CC/C(C)=C/CC[C@@](C)(Cl)[C@@H](O)CC/C(C)=C/[C@@H]2OC1. The highest BCUT2D eigenvalue weighted by Gasteiger charge is 2.30. The lowest BCUT2D eigenvalue weighted by Gasteiger charge is -2.28. The van der Waals surface area contributed by atoms with Crippen LogP contribution in [0.2, 0.25) is 0 Å². The molecule has 0 spiro atoms. The molecule has 1 aliphatic heterocycles. The first kappa shape index (κ1) is 18.8. The van der Waals surface area contributed by atoms with Gasteiger partial charge < -0.3 is 9.84 Å². The second kappa shape index (κ2) is 8.00. The van der Waals surface area contributed by atoms with Crippen LogP contribution in [0.1, 0.15) is 66.2 Å². The fraction of sp³-hybridized carbons (Fsp3) is 0.700. The summed E-state index contributed by atoms with van der Waals surface area (Å²) in [5.41, 5.74) is 5.50. The molecule has 0 unspecified atom stereocenters. The molecule has 2 nitrogen and oxygen atoms in total. The molecule has 1 aliphatic carbocycles. The molecule has 0 amide bonds. The van der Waals surface area contributed by atoms with Crippen molar-refractivity contribution >= 4 is 11.6 Å². The van der Waals surface area contributed by atoms with Crippen molar-refractivity contribution in [1.29, 1.82) is 0 Å². The number of hydrogen-bond acceptors (Lipinski definition) is 2. The number of aliphatic hydroxyl groups excluding tert-OH is 1. The fourth-order valence-corrected chi connectivity index (χ4v) is 3.58. The highest BCUT2D eigenvalue weighted by Crippen LogP contribution is 2.32. The maximum Gasteiger partial charge on any atom is 0.0977 e. The molecular formula is C20H31ClO2. The molecule has 0 fully saturated rings. The lowest BCUT2D eigenvalue weighted by molar-refractivity contribution is 0.118. The summed E-state index contributed by atoms with van der Waals surface area (Å²) in [5, 5.41) is 10.4. The van der Waals surface area contributed by atoms with Crippen LogP contribution in [0.4, 0.5) is 0 Å². The summed E-state index contributed by atoms with van der Waals surface area (Å²) in [7, 11) is 0. The molecule has 1 N–H and O–H groups in total. The van der Waals surface area contributed by atoms with E-state index in [0.29, 0.717) is 6.42 Å². The van der Waals surface area contributed by atoms with Crippen LogP contribution in [-0.4, -0.2) is 28.8 Å². The van der Waals surface area contributed by atoms with Gasteiger partial charge in [0.25, 0.3) is 0 Å². The van der Waals surface area contributed by atoms with E-state index in [1.807, 2.05) is 6.92 Å². The molecule has 0 bridgehead atoms. The highest BCUT2D eigenvalue weighted by atomic mass is 35.5. The quantitative estimate of drug-likeness (QED) is 0.479. The minimum atomic E-state index is -0.549. The molecule has 0 aromatic rings. The second-order valence-electron chi connectivity index (χ2n) is 7.47. The molecule has 0 aromatic heterocycles. The zero-order chi connectivity index (χ0) is 17.0. The molecule has 0 radical (unpaired) electrons. The van der Waals surface area contributed by atoms with Crippen molar-refractivity contribution in [3.63, 3.8) is 0 Å². The maximum atomic E-state index is 10.4. The normalized spacial score (nSPS) is 39.0. The first-order chi connectivity index (χ1) is 10.8. The zero-order valence-electron chi connectivity index (χ0n) is 15.0. The van der Waals surface area contributed by atoms with Gasteiger partial charge in [-0.1, -0.05) is 23.3 Å². The number of hydrogen-bond donors (Lipinski definition) is 1. The number of fused-ring (bicyclic) bond motifs is 1. The maximum absolute atomic E-state index is 10.4. The minimum absolute atomic E-state index is 0.116. The Hall–Kier alpha value is -0.570. The largest absolute Gasteiger partial charge is 0.391 e. The van der Waals surface area contributed by atoms with E-state index in [9.17, 15) is 5.11 Å². The van der Waals surface area contributed by atoms with Crippen molar-refractivity contribution in [2.45, 2.75) is 83.3 Å². The summed E-state index contributed by atoms with van der Waals surface area (Å²) >= 11 is 6.57. The topological polar surface area (TPSA) is 29.5 Å². The molecule has 3 atom stereocenters. The van der Waals surface area contributed by atoms with Crippen molar-refractivity contribution in [2.75, 3.05) is 6.61 Å². The van der Waals surface area contributed by atoms with Crippen molar-refractivity contribution in [1.82, 2.24) is 0 Å². The second-order valence-corrected chi connectivity index (χ2v) is 8.34. The summed E-state index contributed by atoms with van der Waals surface area (Å²) in [4.78, 5) is -0.549. The number of alkyl halides is 1. The third kappa shape index (κ3) is 5.20. The molecule has 0 aromatic carbocycles. The van der Waals surface area contributed by atoms with E-state index < -0.39 is 11.0 Å². The van der Waals surface area contributed by atoms with Crippen LogP contribution >= 0.6 is 11.6 Å². The summed E-state index contributed by atoms with van der Waals surface area (Å²) in [6, 6.07) is 0. The monoisotopic (exact) mass is 338 g/mol. The van der Waals surface area contributed by atoms with Crippen LogP contribution in [0.3, 0.4) is 0 Å². The number of aliphatic hydroxyl groups is 1. The van der Waals surface area contributed by atoms with Crippen LogP contribution in [0.5, 0.6) is 0 Å². The van der Waals surface area contributed by atoms with Crippen LogP contribution < -0.4 is 0 Å². The van der Waals surface area contributed by atoms with Gasteiger partial charge in [-0.15, -0.1) is 11.6 Å². The van der Waals surface area contributed by atoms with Gasteiger partial charge in [-0.05, 0) is 77.4 Å². The predicted octanol–water partition coefficient (Wildman–Crippen LogP) is 5.31. The number of allylic oxidation sites excluding steroid dienone is 3. The van der Waals surface area contributed by atoms with Crippen LogP contribution in [-0.2, 0) is 4.74 Å². The number of halogens is 1. The smallest absolute Gasteiger partial charge is 0.0977 e. The van der Waals surface area contributed by atoms with E-state index in [1.54, 1.807) is 0 Å². The Morgan fingerprint density at radius 2 is 1.91 bits per heavy atom. The Bertz CT molecular complexity index is 514. The van der Waals surface area contributed by atoms with Crippen molar-refractivity contribution < 1.29 is 9.84 Å². The number of ether oxygens (including phenoxy) is 1. The van der Waals surface area contributed by atoms with Crippen molar-refractivity contribution in [3.05, 3.63) is 34.4 Å². The Kier molecular flexibility index (Phi) is 6.53. The first-order valence-corrected chi connectivity index (χ1v) is 9.17. The predicted molar refractivity (Wildman–Crippen MR) is 97.9 cm³/mol. The molecule has 1 heterocycles. The fourth-order valence-electron chi connectivity index (χ4n) is 3.36. The van der Waals surface area contributed by atoms with Crippen molar-refractivity contribution in [3.8, 4) is 0 Å². The zero-order valence-corrected chi connectivity index (χ0v) is 15.7. The van der Waals surface area contributed by atoms with E-state index in [0.717, 1.165) is 38.7 Å². The third-order valence-corrected chi connectivity index (χ3v) is 5.67. The summed E-state index contributed by atoms with van der Waals surface area (Å²) in [6.07, 6.45) is 9.59. The van der Waals surface area contributed by atoms with E-state index >= 15 is 0 Å². The van der Waals surface area contributed by atoms with Gasteiger partial charge in [-0.3, -0.25) is 0 Å². The molecule has 3 heteroatoms. The van der Waals surface area contributed by atoms with Crippen LogP contribution in [0.15, 0.2) is 34.4 Å². The lowest BCUT2D eigenvalue weighted by atomic mass is 9.90. The Morgan fingerprint density at radius 1 is 1.17 bits per heavy atom. The molecule has 23 heavy (non-hydrogen) atoms. The van der Waals surface area contributed by atoms with Crippen molar-refractivity contribution in [2.24, 2.45) is 0 Å². The number of rotatable bonds is 0. The van der Waals surface area contributed by atoms with Gasteiger partial charge in [0.2, 0.25) is 0 Å². The van der Waals surface area contributed by atoms with E-state index in [-0.39, 0.29) is 6.10 Å². The minimum Gasteiger partial charge on any atom is -0.391 e. The average molecular weight is 339 g/mol.